The molecule has 21 heavy (non-hydrogen) atoms. The molecule has 2 N–H and O–H groups in total. The summed E-state index contributed by atoms with van der Waals surface area (Å²) in [7, 11) is 0. The first-order valence-electron chi connectivity index (χ1n) is 6.77. The number of benzene rings is 2. The maximum atomic E-state index is 13.6. The Labute approximate surface area is 121 Å². The van der Waals surface area contributed by atoms with Gasteiger partial charge in [0, 0.05) is 17.9 Å². The number of nitrogens with one attached hydrogen (secondary N) is 2. The van der Waals surface area contributed by atoms with Gasteiger partial charge in [0.25, 0.3) is 5.91 Å². The zero-order chi connectivity index (χ0) is 14.8. The van der Waals surface area contributed by atoms with Crippen molar-refractivity contribution in [3.05, 3.63) is 59.2 Å². The minimum atomic E-state index is -0.739. The van der Waals surface area contributed by atoms with Gasteiger partial charge in [0.1, 0.15) is 11.6 Å². The molecule has 1 heterocycles. The predicted octanol–water partition coefficient (Wildman–Crippen LogP) is 3.58. The molecule has 0 radical (unpaired) electrons. The van der Waals surface area contributed by atoms with Crippen molar-refractivity contribution >= 4 is 17.3 Å². The third-order valence-electron chi connectivity index (χ3n) is 3.52. The second-order valence-electron chi connectivity index (χ2n) is 4.94. The molecule has 0 spiro atoms. The number of anilines is 2. The van der Waals surface area contributed by atoms with E-state index in [-0.39, 0.29) is 5.56 Å². The molecule has 0 fully saturated rings. The molecule has 108 valence electrons. The number of hydrogen-bond acceptors (Lipinski definition) is 2. The molecule has 1 amide bonds. The average Bonchev–Trinajstić information content (AvgIpc) is 2.50. The minimum Gasteiger partial charge on any atom is -0.385 e. The van der Waals surface area contributed by atoms with Crippen LogP contribution in [0, 0.1) is 11.6 Å². The highest BCUT2D eigenvalue weighted by atomic mass is 19.1. The summed E-state index contributed by atoms with van der Waals surface area (Å²) < 4.78 is 26.8. The van der Waals surface area contributed by atoms with Crippen LogP contribution in [0.25, 0.3) is 0 Å². The Hall–Kier alpha value is -2.43. The normalized spacial score (nSPS) is 13.2. The first-order chi connectivity index (χ1) is 10.1. The van der Waals surface area contributed by atoms with Crippen molar-refractivity contribution < 1.29 is 13.6 Å². The zero-order valence-electron chi connectivity index (χ0n) is 11.2. The molecule has 2 aromatic carbocycles. The van der Waals surface area contributed by atoms with Gasteiger partial charge < -0.3 is 10.6 Å². The smallest absolute Gasteiger partial charge is 0.258 e. The van der Waals surface area contributed by atoms with Crippen molar-refractivity contribution in [2.45, 2.75) is 12.8 Å². The molecule has 0 atom stereocenters. The molecular weight excluding hydrogens is 274 g/mol. The molecule has 0 aliphatic carbocycles. The van der Waals surface area contributed by atoms with Gasteiger partial charge in [-0.2, -0.15) is 0 Å². The highest BCUT2D eigenvalue weighted by molar-refractivity contribution is 6.05. The second kappa shape index (κ2) is 5.52. The highest BCUT2D eigenvalue weighted by Gasteiger charge is 2.17. The number of rotatable bonds is 2. The van der Waals surface area contributed by atoms with Crippen molar-refractivity contribution in [1.82, 2.24) is 0 Å². The maximum absolute atomic E-state index is 13.6. The second-order valence-corrected chi connectivity index (χ2v) is 4.94. The van der Waals surface area contributed by atoms with Gasteiger partial charge in [0.2, 0.25) is 0 Å². The topological polar surface area (TPSA) is 41.1 Å². The Kier molecular flexibility index (Phi) is 3.56. The van der Waals surface area contributed by atoms with Crippen LogP contribution in [0.1, 0.15) is 22.3 Å². The minimum absolute atomic E-state index is 0.295. The monoisotopic (exact) mass is 288 g/mol. The quantitative estimate of drug-likeness (QED) is 0.887. The molecule has 0 bridgehead atoms. The van der Waals surface area contributed by atoms with Crippen molar-refractivity contribution in [3.63, 3.8) is 0 Å². The molecule has 0 aromatic heterocycles. The van der Waals surface area contributed by atoms with Gasteiger partial charge in [0.15, 0.2) is 0 Å². The van der Waals surface area contributed by atoms with Crippen molar-refractivity contribution in [2.75, 3.05) is 17.2 Å². The standard InChI is InChI=1S/C16H14F2N2O/c17-10-6-7-13(18)12(9-10)16(21)20-15-5-1-4-14-11(15)3-2-8-19-14/h1,4-7,9,19H,2-3,8H2,(H,20,21). The third kappa shape index (κ3) is 2.72. The van der Waals surface area contributed by atoms with E-state index >= 15 is 0 Å². The van der Waals surface area contributed by atoms with E-state index in [1.165, 1.54) is 0 Å². The predicted molar refractivity (Wildman–Crippen MR) is 77.6 cm³/mol. The summed E-state index contributed by atoms with van der Waals surface area (Å²) in [6.07, 6.45) is 1.80. The van der Waals surface area contributed by atoms with E-state index < -0.39 is 17.5 Å². The van der Waals surface area contributed by atoms with Crippen LogP contribution < -0.4 is 10.6 Å². The highest BCUT2D eigenvalue weighted by Crippen LogP contribution is 2.29. The third-order valence-corrected chi connectivity index (χ3v) is 3.52. The molecule has 3 rings (SSSR count). The van der Waals surface area contributed by atoms with Crippen LogP contribution in [0.15, 0.2) is 36.4 Å². The van der Waals surface area contributed by atoms with E-state index in [2.05, 4.69) is 10.6 Å². The van der Waals surface area contributed by atoms with Crippen molar-refractivity contribution in [1.29, 1.82) is 0 Å². The maximum Gasteiger partial charge on any atom is 0.258 e. The van der Waals surface area contributed by atoms with Crippen LogP contribution in [0.5, 0.6) is 0 Å². The van der Waals surface area contributed by atoms with Crippen molar-refractivity contribution in [2.24, 2.45) is 0 Å². The fourth-order valence-electron chi connectivity index (χ4n) is 2.49. The summed E-state index contributed by atoms with van der Waals surface area (Å²) in [5.74, 6) is -2.03. The molecule has 0 saturated heterocycles. The molecule has 2 aromatic rings. The van der Waals surface area contributed by atoms with Crippen LogP contribution in [0.4, 0.5) is 20.2 Å². The number of carbonyl (C=O) groups excluding carboxylic acids is 1. The molecule has 1 aliphatic rings. The lowest BCUT2D eigenvalue weighted by atomic mass is 10.0. The fraction of sp³-hybridized carbons (Fsp3) is 0.188. The average molecular weight is 288 g/mol. The summed E-state index contributed by atoms with van der Waals surface area (Å²) >= 11 is 0. The molecule has 5 heteroatoms. The zero-order valence-corrected chi connectivity index (χ0v) is 11.2. The molecule has 0 unspecified atom stereocenters. The van der Waals surface area contributed by atoms with E-state index in [1.807, 2.05) is 12.1 Å². The van der Waals surface area contributed by atoms with E-state index in [9.17, 15) is 13.6 Å². The molecule has 0 saturated carbocycles. The van der Waals surface area contributed by atoms with Gasteiger partial charge in [-0.15, -0.1) is 0 Å². The number of carbonyl (C=O) groups is 1. The first-order valence-corrected chi connectivity index (χ1v) is 6.77. The lowest BCUT2D eigenvalue weighted by Gasteiger charge is -2.21. The van der Waals surface area contributed by atoms with Gasteiger partial charge in [-0.3, -0.25) is 4.79 Å². The Morgan fingerprint density at radius 2 is 2.05 bits per heavy atom. The molecule has 3 nitrogen and oxygen atoms in total. The molecule has 1 aliphatic heterocycles. The van der Waals surface area contributed by atoms with Crippen molar-refractivity contribution in [3.8, 4) is 0 Å². The van der Waals surface area contributed by atoms with Gasteiger partial charge in [-0.1, -0.05) is 6.07 Å². The van der Waals surface area contributed by atoms with E-state index in [0.717, 1.165) is 48.8 Å². The van der Waals surface area contributed by atoms with E-state index in [4.69, 9.17) is 0 Å². The number of fused-ring (bicyclic) bond motifs is 1. The van der Waals surface area contributed by atoms with Crippen LogP contribution in [0.2, 0.25) is 0 Å². The van der Waals surface area contributed by atoms with Crippen LogP contribution in [-0.2, 0) is 6.42 Å². The van der Waals surface area contributed by atoms with Gasteiger partial charge >= 0.3 is 0 Å². The number of hydrogen-bond donors (Lipinski definition) is 2. The Morgan fingerprint density at radius 3 is 2.90 bits per heavy atom. The summed E-state index contributed by atoms with van der Waals surface area (Å²) in [4.78, 5) is 12.1. The van der Waals surface area contributed by atoms with Crippen LogP contribution in [-0.4, -0.2) is 12.5 Å². The first kappa shape index (κ1) is 13.5. The summed E-state index contributed by atoms with van der Waals surface area (Å²) in [5, 5.41) is 5.92. The van der Waals surface area contributed by atoms with Crippen LogP contribution >= 0.6 is 0 Å². The molecular formula is C16H14F2N2O. The summed E-state index contributed by atoms with van der Waals surface area (Å²) in [6, 6.07) is 8.35. The van der Waals surface area contributed by atoms with Crippen LogP contribution in [0.3, 0.4) is 0 Å². The largest absolute Gasteiger partial charge is 0.385 e. The van der Waals surface area contributed by atoms with Gasteiger partial charge in [-0.25, -0.2) is 8.78 Å². The Balaban J connectivity index is 1.90. The Bertz CT molecular complexity index is 701. The van der Waals surface area contributed by atoms with E-state index in [0.29, 0.717) is 5.69 Å². The lowest BCUT2D eigenvalue weighted by molar-refractivity contribution is 0.102. The van der Waals surface area contributed by atoms with Gasteiger partial charge in [-0.05, 0) is 48.7 Å². The number of halogens is 2. The Morgan fingerprint density at radius 1 is 1.19 bits per heavy atom. The summed E-state index contributed by atoms with van der Waals surface area (Å²) in [6.45, 7) is 0.892. The van der Waals surface area contributed by atoms with E-state index in [1.54, 1.807) is 6.07 Å². The SMILES string of the molecule is O=C(Nc1cccc2c1CCCN2)c1cc(F)ccc1F. The fourth-order valence-corrected chi connectivity index (χ4v) is 2.49. The lowest BCUT2D eigenvalue weighted by Crippen LogP contribution is -2.18. The number of amides is 1. The van der Waals surface area contributed by atoms with Gasteiger partial charge in [0.05, 0.1) is 5.56 Å². The summed E-state index contributed by atoms with van der Waals surface area (Å²) in [5.41, 5.74) is 2.30.